The molecule has 0 saturated carbocycles. The van der Waals surface area contributed by atoms with Crippen LogP contribution in [0, 0.1) is 17.6 Å². The Morgan fingerprint density at radius 1 is 1.13 bits per heavy atom. The number of piperazine rings is 1. The van der Waals surface area contributed by atoms with E-state index in [0.29, 0.717) is 26.2 Å². The fourth-order valence-corrected chi connectivity index (χ4v) is 2.49. The Morgan fingerprint density at radius 3 is 2.22 bits per heavy atom. The summed E-state index contributed by atoms with van der Waals surface area (Å²) < 4.78 is 27.0. The van der Waals surface area contributed by atoms with Crippen molar-refractivity contribution in [3.8, 4) is 0 Å². The van der Waals surface area contributed by atoms with Crippen molar-refractivity contribution in [2.75, 3.05) is 38.0 Å². The molecule has 0 atom stereocenters. The molecule has 1 aliphatic rings. The number of anilines is 1. The van der Waals surface area contributed by atoms with Crippen molar-refractivity contribution >= 4 is 17.5 Å². The van der Waals surface area contributed by atoms with Gasteiger partial charge in [-0.15, -0.1) is 0 Å². The highest BCUT2D eigenvalue weighted by Gasteiger charge is 2.24. The first-order valence-electron chi connectivity index (χ1n) is 7.63. The van der Waals surface area contributed by atoms with Crippen LogP contribution in [-0.2, 0) is 9.59 Å². The lowest BCUT2D eigenvalue weighted by molar-refractivity contribution is -0.136. The summed E-state index contributed by atoms with van der Waals surface area (Å²) in [6, 6.07) is 3.43. The number of benzene rings is 1. The SMILES string of the molecule is CC(C)C(=O)N1CCN(CC(=O)Nc2c(F)cccc2F)CC1. The van der Waals surface area contributed by atoms with E-state index in [2.05, 4.69) is 5.32 Å². The van der Waals surface area contributed by atoms with Crippen LogP contribution >= 0.6 is 0 Å². The van der Waals surface area contributed by atoms with Gasteiger partial charge in [-0.3, -0.25) is 14.5 Å². The predicted octanol–water partition coefficient (Wildman–Crippen LogP) is 1.70. The predicted molar refractivity (Wildman–Crippen MR) is 82.8 cm³/mol. The molecular formula is C16H21F2N3O2. The molecule has 5 nitrogen and oxygen atoms in total. The first-order valence-corrected chi connectivity index (χ1v) is 7.63. The number of carbonyl (C=O) groups excluding carboxylic acids is 2. The minimum Gasteiger partial charge on any atom is -0.340 e. The molecule has 1 saturated heterocycles. The van der Waals surface area contributed by atoms with Gasteiger partial charge in [-0.2, -0.15) is 0 Å². The van der Waals surface area contributed by atoms with Crippen molar-refractivity contribution in [2.45, 2.75) is 13.8 Å². The Bertz CT molecular complexity index is 564. The van der Waals surface area contributed by atoms with Crippen molar-refractivity contribution in [1.82, 2.24) is 9.80 Å². The van der Waals surface area contributed by atoms with Crippen molar-refractivity contribution < 1.29 is 18.4 Å². The minimum absolute atomic E-state index is 0.0392. The van der Waals surface area contributed by atoms with Gasteiger partial charge >= 0.3 is 0 Å². The van der Waals surface area contributed by atoms with Crippen LogP contribution in [-0.4, -0.2) is 54.3 Å². The maximum absolute atomic E-state index is 13.5. The summed E-state index contributed by atoms with van der Waals surface area (Å²) in [5.74, 6) is -2.02. The Morgan fingerprint density at radius 2 is 1.70 bits per heavy atom. The van der Waals surface area contributed by atoms with Gasteiger partial charge in [-0.25, -0.2) is 8.78 Å². The van der Waals surface area contributed by atoms with Gasteiger partial charge in [0.05, 0.1) is 6.54 Å². The zero-order valence-electron chi connectivity index (χ0n) is 13.3. The normalized spacial score (nSPS) is 15.8. The molecule has 0 radical (unpaired) electrons. The van der Waals surface area contributed by atoms with Crippen molar-refractivity contribution in [2.24, 2.45) is 5.92 Å². The molecule has 126 valence electrons. The fourth-order valence-electron chi connectivity index (χ4n) is 2.49. The number of nitrogens with zero attached hydrogens (tertiary/aromatic N) is 2. The Balaban J connectivity index is 1.85. The highest BCUT2D eigenvalue weighted by atomic mass is 19.1. The lowest BCUT2D eigenvalue weighted by Gasteiger charge is -2.35. The average molecular weight is 325 g/mol. The van der Waals surface area contributed by atoms with Gasteiger partial charge in [-0.05, 0) is 12.1 Å². The molecule has 0 unspecified atom stereocenters. The number of nitrogens with one attached hydrogen (secondary N) is 1. The molecule has 2 rings (SSSR count). The quantitative estimate of drug-likeness (QED) is 0.917. The number of halogens is 2. The van der Waals surface area contributed by atoms with E-state index < -0.39 is 23.2 Å². The number of hydrogen-bond donors (Lipinski definition) is 1. The molecular weight excluding hydrogens is 304 g/mol. The Hall–Kier alpha value is -2.02. The van der Waals surface area contributed by atoms with Gasteiger partial charge in [-0.1, -0.05) is 19.9 Å². The van der Waals surface area contributed by atoms with Crippen LogP contribution in [0.1, 0.15) is 13.8 Å². The van der Waals surface area contributed by atoms with E-state index in [0.717, 1.165) is 12.1 Å². The smallest absolute Gasteiger partial charge is 0.238 e. The third-order valence-corrected chi connectivity index (χ3v) is 3.77. The molecule has 1 aromatic carbocycles. The fraction of sp³-hybridized carbons (Fsp3) is 0.500. The lowest BCUT2D eigenvalue weighted by Crippen LogP contribution is -2.51. The van der Waals surface area contributed by atoms with Crippen LogP contribution in [0.15, 0.2) is 18.2 Å². The van der Waals surface area contributed by atoms with Gasteiger partial charge in [0.1, 0.15) is 17.3 Å². The summed E-state index contributed by atoms with van der Waals surface area (Å²) in [6.45, 7) is 5.97. The second-order valence-corrected chi connectivity index (χ2v) is 5.90. The van der Waals surface area contributed by atoms with Gasteiger partial charge < -0.3 is 10.2 Å². The van der Waals surface area contributed by atoms with Crippen LogP contribution < -0.4 is 5.32 Å². The number of amides is 2. The highest BCUT2D eigenvalue weighted by molar-refractivity contribution is 5.92. The molecule has 23 heavy (non-hydrogen) atoms. The first kappa shape index (κ1) is 17.3. The summed E-state index contributed by atoms with van der Waals surface area (Å²) in [6.07, 6.45) is 0. The molecule has 1 aliphatic heterocycles. The molecule has 1 N–H and O–H groups in total. The molecule has 0 spiro atoms. The molecule has 7 heteroatoms. The minimum atomic E-state index is -0.800. The van der Waals surface area contributed by atoms with Crippen LogP contribution in [0.2, 0.25) is 0 Å². The second kappa shape index (κ2) is 7.50. The number of carbonyl (C=O) groups is 2. The van der Waals surface area contributed by atoms with Crippen LogP contribution in [0.5, 0.6) is 0 Å². The van der Waals surface area contributed by atoms with E-state index in [9.17, 15) is 18.4 Å². The number of hydrogen-bond acceptors (Lipinski definition) is 3. The van der Waals surface area contributed by atoms with Crippen LogP contribution in [0.3, 0.4) is 0 Å². The Kier molecular flexibility index (Phi) is 5.65. The van der Waals surface area contributed by atoms with E-state index >= 15 is 0 Å². The van der Waals surface area contributed by atoms with E-state index in [1.165, 1.54) is 6.07 Å². The summed E-state index contributed by atoms with van der Waals surface area (Å²) >= 11 is 0. The third kappa shape index (κ3) is 4.48. The average Bonchev–Trinajstić information content (AvgIpc) is 2.51. The Labute approximate surface area is 134 Å². The van der Waals surface area contributed by atoms with E-state index in [1.54, 1.807) is 4.90 Å². The summed E-state index contributed by atoms with van der Waals surface area (Å²) in [5, 5.41) is 2.27. The molecule has 1 fully saturated rings. The zero-order valence-corrected chi connectivity index (χ0v) is 13.3. The van der Waals surface area contributed by atoms with E-state index in [1.807, 2.05) is 18.7 Å². The standard InChI is InChI=1S/C16H21F2N3O2/c1-11(2)16(23)21-8-6-20(7-9-21)10-14(22)19-15-12(17)4-3-5-13(15)18/h3-5,11H,6-10H2,1-2H3,(H,19,22). The van der Waals surface area contributed by atoms with Crippen LogP contribution in [0.4, 0.5) is 14.5 Å². The van der Waals surface area contributed by atoms with Gasteiger partial charge in [0.25, 0.3) is 0 Å². The zero-order chi connectivity index (χ0) is 17.0. The highest BCUT2D eigenvalue weighted by Crippen LogP contribution is 2.18. The van der Waals surface area contributed by atoms with Crippen molar-refractivity contribution in [3.05, 3.63) is 29.8 Å². The first-order chi connectivity index (χ1) is 10.9. The third-order valence-electron chi connectivity index (χ3n) is 3.77. The number of para-hydroxylation sites is 1. The molecule has 0 aliphatic carbocycles. The van der Waals surface area contributed by atoms with E-state index in [-0.39, 0.29) is 18.4 Å². The van der Waals surface area contributed by atoms with Gasteiger partial charge in [0, 0.05) is 32.1 Å². The maximum Gasteiger partial charge on any atom is 0.238 e. The summed E-state index contributed by atoms with van der Waals surface area (Å²) in [4.78, 5) is 27.5. The van der Waals surface area contributed by atoms with Gasteiger partial charge in [0.15, 0.2) is 0 Å². The van der Waals surface area contributed by atoms with Crippen molar-refractivity contribution in [3.63, 3.8) is 0 Å². The van der Waals surface area contributed by atoms with Crippen molar-refractivity contribution in [1.29, 1.82) is 0 Å². The summed E-state index contributed by atoms with van der Waals surface area (Å²) in [5.41, 5.74) is -0.425. The maximum atomic E-state index is 13.5. The monoisotopic (exact) mass is 325 g/mol. The number of rotatable bonds is 4. The molecule has 1 aromatic rings. The molecule has 1 heterocycles. The van der Waals surface area contributed by atoms with E-state index in [4.69, 9.17) is 0 Å². The lowest BCUT2D eigenvalue weighted by atomic mass is 10.1. The van der Waals surface area contributed by atoms with Gasteiger partial charge in [0.2, 0.25) is 11.8 Å². The summed E-state index contributed by atoms with van der Waals surface area (Å²) in [7, 11) is 0. The molecule has 2 amide bonds. The molecule has 0 bridgehead atoms. The van der Waals surface area contributed by atoms with Crippen LogP contribution in [0.25, 0.3) is 0 Å². The largest absolute Gasteiger partial charge is 0.340 e. The molecule has 0 aromatic heterocycles. The topological polar surface area (TPSA) is 52.7 Å². The second-order valence-electron chi connectivity index (χ2n) is 5.90.